The molecule has 1 aromatic heterocycles. The van der Waals surface area contributed by atoms with Crippen LogP contribution >= 0.6 is 23.1 Å². The number of rotatable bonds is 11. The van der Waals surface area contributed by atoms with Gasteiger partial charge in [0.15, 0.2) is 5.13 Å². The second-order valence-electron chi connectivity index (χ2n) is 7.37. The minimum absolute atomic E-state index is 0.0334. The van der Waals surface area contributed by atoms with Crippen LogP contribution in [0, 0.1) is 10.1 Å². The third kappa shape index (κ3) is 6.75. The molecule has 0 fully saturated rings. The molecule has 0 bridgehead atoms. The first-order chi connectivity index (χ1) is 14.9. The zero-order valence-corrected chi connectivity index (χ0v) is 19.3. The molecule has 0 atom stereocenters. The van der Waals surface area contributed by atoms with Crippen molar-refractivity contribution in [3.8, 4) is 0 Å². The van der Waals surface area contributed by atoms with Gasteiger partial charge in [0, 0.05) is 30.0 Å². The van der Waals surface area contributed by atoms with E-state index in [1.54, 1.807) is 22.7 Å². The van der Waals surface area contributed by atoms with E-state index < -0.39 is 4.92 Å². The summed E-state index contributed by atoms with van der Waals surface area (Å²) >= 11 is 3.08. The standard InChI is InChI=1S/C22H26N4O3S2/c1-24(2)13-7-14-25(21(27)10-6-15-30-18-8-4-3-5-9-18)22-23-19-12-11-17(26(28)29)16-20(19)31-22/h3-5,8-9,11-12,16H,6-7,10,13-15H2,1-2H3. The third-order valence-electron chi connectivity index (χ3n) is 4.64. The van der Waals surface area contributed by atoms with E-state index in [0.717, 1.165) is 25.1 Å². The number of carbonyl (C=O) groups is 1. The third-order valence-corrected chi connectivity index (χ3v) is 6.78. The summed E-state index contributed by atoms with van der Waals surface area (Å²) in [6.07, 6.45) is 2.05. The highest BCUT2D eigenvalue weighted by atomic mass is 32.2. The van der Waals surface area contributed by atoms with Crippen molar-refractivity contribution in [3.63, 3.8) is 0 Å². The first kappa shape index (κ1) is 23.2. The Morgan fingerprint density at radius 1 is 1.13 bits per heavy atom. The largest absolute Gasteiger partial charge is 0.309 e. The summed E-state index contributed by atoms with van der Waals surface area (Å²) in [6.45, 7) is 1.44. The maximum absolute atomic E-state index is 13.0. The maximum Gasteiger partial charge on any atom is 0.270 e. The Hall–Kier alpha value is -2.49. The van der Waals surface area contributed by atoms with Gasteiger partial charge in [0.2, 0.25) is 5.91 Å². The average molecular weight is 459 g/mol. The zero-order chi connectivity index (χ0) is 22.2. The molecule has 1 heterocycles. The molecule has 0 saturated carbocycles. The molecule has 31 heavy (non-hydrogen) atoms. The fraction of sp³-hybridized carbons (Fsp3) is 0.364. The van der Waals surface area contributed by atoms with Crippen LogP contribution in [0.5, 0.6) is 0 Å². The van der Waals surface area contributed by atoms with Crippen LogP contribution in [0.15, 0.2) is 53.4 Å². The van der Waals surface area contributed by atoms with Gasteiger partial charge >= 0.3 is 0 Å². The van der Waals surface area contributed by atoms with Crippen LogP contribution in [0.25, 0.3) is 10.2 Å². The van der Waals surface area contributed by atoms with Crippen molar-refractivity contribution < 1.29 is 9.72 Å². The molecule has 0 N–H and O–H groups in total. The number of fused-ring (bicyclic) bond motifs is 1. The van der Waals surface area contributed by atoms with Gasteiger partial charge in [-0.25, -0.2) is 4.98 Å². The highest BCUT2D eigenvalue weighted by Gasteiger charge is 2.20. The van der Waals surface area contributed by atoms with E-state index in [1.807, 2.05) is 32.3 Å². The predicted molar refractivity (Wildman–Crippen MR) is 128 cm³/mol. The number of hydrogen-bond donors (Lipinski definition) is 0. The number of benzene rings is 2. The highest BCUT2D eigenvalue weighted by Crippen LogP contribution is 2.32. The molecule has 0 spiro atoms. The number of nitro benzene ring substituents is 1. The summed E-state index contributed by atoms with van der Waals surface area (Å²) in [6, 6.07) is 14.8. The monoisotopic (exact) mass is 458 g/mol. The smallest absolute Gasteiger partial charge is 0.270 e. The molecular weight excluding hydrogens is 432 g/mol. The number of thiazole rings is 1. The number of carbonyl (C=O) groups excluding carboxylic acids is 1. The summed E-state index contributed by atoms with van der Waals surface area (Å²) in [7, 11) is 4.01. The number of amides is 1. The van der Waals surface area contributed by atoms with Gasteiger partial charge in [-0.15, -0.1) is 11.8 Å². The van der Waals surface area contributed by atoms with Crippen LogP contribution in [-0.4, -0.2) is 53.7 Å². The number of thioether (sulfide) groups is 1. The van der Waals surface area contributed by atoms with Gasteiger partial charge in [0.05, 0.1) is 15.1 Å². The van der Waals surface area contributed by atoms with Crippen molar-refractivity contribution >= 4 is 50.0 Å². The summed E-state index contributed by atoms with van der Waals surface area (Å²) in [5.41, 5.74) is 0.710. The van der Waals surface area contributed by atoms with Crippen molar-refractivity contribution in [2.24, 2.45) is 0 Å². The molecular formula is C22H26N4O3S2. The second-order valence-corrected chi connectivity index (χ2v) is 9.55. The molecule has 2 aromatic carbocycles. The second kappa shape index (κ2) is 11.2. The minimum Gasteiger partial charge on any atom is -0.309 e. The van der Waals surface area contributed by atoms with E-state index in [2.05, 4.69) is 22.0 Å². The Balaban J connectivity index is 1.68. The van der Waals surface area contributed by atoms with E-state index in [4.69, 9.17) is 0 Å². The van der Waals surface area contributed by atoms with Gasteiger partial charge in [-0.05, 0) is 57.4 Å². The van der Waals surface area contributed by atoms with E-state index >= 15 is 0 Å². The van der Waals surface area contributed by atoms with Crippen LogP contribution in [0.1, 0.15) is 19.3 Å². The number of anilines is 1. The molecule has 1 amide bonds. The van der Waals surface area contributed by atoms with Crippen LogP contribution in [0.4, 0.5) is 10.8 Å². The summed E-state index contributed by atoms with van der Waals surface area (Å²) in [4.78, 5) is 33.3. The quantitative estimate of drug-likeness (QED) is 0.173. The Labute approximate surface area is 190 Å². The van der Waals surface area contributed by atoms with Gasteiger partial charge < -0.3 is 4.90 Å². The maximum atomic E-state index is 13.0. The van der Waals surface area contributed by atoms with Gasteiger partial charge in [-0.3, -0.25) is 19.8 Å². The number of nitrogens with zero attached hydrogens (tertiary/aromatic N) is 4. The number of aromatic nitrogens is 1. The SMILES string of the molecule is CN(C)CCCN(C(=O)CCCSc1ccccc1)c1nc2ccc([N+](=O)[O-])cc2s1. The van der Waals surface area contributed by atoms with E-state index in [1.165, 1.54) is 28.4 Å². The Bertz CT molecular complexity index is 1020. The topological polar surface area (TPSA) is 79.6 Å². The van der Waals surface area contributed by atoms with Crippen LogP contribution in [0.3, 0.4) is 0 Å². The van der Waals surface area contributed by atoms with Crippen LogP contribution < -0.4 is 4.90 Å². The lowest BCUT2D eigenvalue weighted by Crippen LogP contribution is -2.33. The van der Waals surface area contributed by atoms with Crippen molar-refractivity contribution in [2.75, 3.05) is 37.8 Å². The molecule has 3 rings (SSSR count). The lowest BCUT2D eigenvalue weighted by Gasteiger charge is -2.21. The number of hydrogen-bond acceptors (Lipinski definition) is 7. The zero-order valence-electron chi connectivity index (χ0n) is 17.7. The van der Waals surface area contributed by atoms with Crippen LogP contribution in [-0.2, 0) is 4.79 Å². The van der Waals surface area contributed by atoms with Gasteiger partial charge in [-0.1, -0.05) is 29.5 Å². The van der Waals surface area contributed by atoms with Crippen molar-refractivity contribution in [1.29, 1.82) is 0 Å². The molecule has 0 unspecified atom stereocenters. The summed E-state index contributed by atoms with van der Waals surface area (Å²) < 4.78 is 0.717. The first-order valence-electron chi connectivity index (χ1n) is 10.1. The molecule has 3 aromatic rings. The Morgan fingerprint density at radius 2 is 1.90 bits per heavy atom. The van der Waals surface area contributed by atoms with Crippen molar-refractivity contribution in [1.82, 2.24) is 9.88 Å². The fourth-order valence-corrected chi connectivity index (χ4v) is 4.98. The highest BCUT2D eigenvalue weighted by molar-refractivity contribution is 7.99. The molecule has 0 aliphatic heterocycles. The predicted octanol–water partition coefficient (Wildman–Crippen LogP) is 5.06. The van der Waals surface area contributed by atoms with Crippen molar-refractivity contribution in [2.45, 2.75) is 24.2 Å². The van der Waals surface area contributed by atoms with Gasteiger partial charge in [-0.2, -0.15) is 0 Å². The molecule has 9 heteroatoms. The summed E-state index contributed by atoms with van der Waals surface area (Å²) in [5, 5.41) is 11.7. The van der Waals surface area contributed by atoms with Gasteiger partial charge in [0.1, 0.15) is 0 Å². The van der Waals surface area contributed by atoms with E-state index in [0.29, 0.717) is 28.3 Å². The molecule has 7 nitrogen and oxygen atoms in total. The van der Waals surface area contributed by atoms with Crippen molar-refractivity contribution in [3.05, 3.63) is 58.6 Å². The normalized spacial score (nSPS) is 11.2. The van der Waals surface area contributed by atoms with Crippen LogP contribution in [0.2, 0.25) is 0 Å². The molecule has 0 aliphatic carbocycles. The fourth-order valence-electron chi connectivity index (χ4n) is 3.07. The first-order valence-corrected chi connectivity index (χ1v) is 11.9. The summed E-state index contributed by atoms with van der Waals surface area (Å²) in [5.74, 6) is 0.911. The lowest BCUT2D eigenvalue weighted by molar-refractivity contribution is -0.384. The molecule has 0 radical (unpaired) electrons. The lowest BCUT2D eigenvalue weighted by atomic mass is 10.3. The van der Waals surface area contributed by atoms with Gasteiger partial charge in [0.25, 0.3) is 5.69 Å². The van der Waals surface area contributed by atoms with E-state index in [9.17, 15) is 14.9 Å². The minimum atomic E-state index is -0.413. The molecule has 0 saturated heterocycles. The number of nitro groups is 1. The average Bonchev–Trinajstić information content (AvgIpc) is 3.17. The molecule has 0 aliphatic rings. The Morgan fingerprint density at radius 3 is 2.61 bits per heavy atom. The van der Waals surface area contributed by atoms with E-state index in [-0.39, 0.29) is 11.6 Å². The number of non-ortho nitro benzene ring substituents is 1. The molecule has 164 valence electrons. The Kier molecular flexibility index (Phi) is 8.39.